The minimum absolute atomic E-state index is 0.0498. The Hall–Kier alpha value is -3.73. The first-order chi connectivity index (χ1) is 18.7. The summed E-state index contributed by atoms with van der Waals surface area (Å²) in [4.78, 5) is 38.2. The Balaban J connectivity index is 1.69. The van der Waals surface area contributed by atoms with E-state index in [0.717, 1.165) is 4.70 Å². The van der Waals surface area contributed by atoms with E-state index in [9.17, 15) is 14.7 Å². The van der Waals surface area contributed by atoms with Crippen molar-refractivity contribution in [3.05, 3.63) is 86.6 Å². The molecule has 5 rings (SSSR count). The van der Waals surface area contributed by atoms with Crippen LogP contribution in [0.25, 0.3) is 10.2 Å². The topological polar surface area (TPSA) is 102 Å². The van der Waals surface area contributed by atoms with Crippen molar-refractivity contribution in [2.24, 2.45) is 0 Å². The first-order valence-corrected chi connectivity index (χ1v) is 14.1. The second-order valence-electron chi connectivity index (χ2n) is 8.66. The summed E-state index contributed by atoms with van der Waals surface area (Å²) in [6, 6.07) is 9.43. The molecule has 0 bridgehead atoms. The van der Waals surface area contributed by atoms with Crippen molar-refractivity contribution in [1.29, 1.82) is 0 Å². The number of aliphatic hydroxyl groups excluding tert-OH is 1. The van der Waals surface area contributed by atoms with E-state index in [0.29, 0.717) is 54.9 Å². The molecule has 200 valence electrons. The minimum atomic E-state index is -0.976. The van der Waals surface area contributed by atoms with Gasteiger partial charge < -0.3 is 14.6 Å². The molecule has 3 heterocycles. The van der Waals surface area contributed by atoms with Crippen LogP contribution in [0.15, 0.2) is 60.4 Å². The number of benzene rings is 2. The first-order valence-electron chi connectivity index (χ1n) is 12.0. The normalized spacial score (nSPS) is 15.3. The van der Waals surface area contributed by atoms with Gasteiger partial charge in [-0.1, -0.05) is 41.7 Å². The van der Waals surface area contributed by atoms with Crippen LogP contribution in [0.2, 0.25) is 5.02 Å². The van der Waals surface area contributed by atoms with Gasteiger partial charge in [-0.3, -0.25) is 14.5 Å². The number of fused-ring (bicyclic) bond motifs is 1. The van der Waals surface area contributed by atoms with E-state index in [1.807, 2.05) is 6.92 Å². The number of rotatable bonds is 9. The Morgan fingerprint density at radius 2 is 1.95 bits per heavy atom. The Kier molecular flexibility index (Phi) is 7.44. The van der Waals surface area contributed by atoms with E-state index in [-0.39, 0.29) is 12.2 Å². The molecule has 11 heteroatoms. The maximum atomic E-state index is 13.9. The van der Waals surface area contributed by atoms with Gasteiger partial charge in [-0.15, -0.1) is 11.3 Å². The molecule has 39 heavy (non-hydrogen) atoms. The summed E-state index contributed by atoms with van der Waals surface area (Å²) in [5, 5.41) is 12.7. The number of anilines is 1. The number of ketones is 1. The molecule has 1 N–H and O–H groups in total. The SMILES string of the molecule is C=CCOc1ccc(C2C(C(=O)c3sc(C)nc3C)=C(O)C(=O)N2c2nc3ccc(Cl)cc3s2)cc1OCC. The number of carbonyl (C=O) groups is 2. The van der Waals surface area contributed by atoms with E-state index >= 15 is 0 Å². The van der Waals surface area contributed by atoms with Gasteiger partial charge in [-0.25, -0.2) is 9.97 Å². The number of amides is 1. The number of nitrogens with zero attached hydrogens (tertiary/aromatic N) is 3. The lowest BCUT2D eigenvalue weighted by Gasteiger charge is -2.25. The van der Waals surface area contributed by atoms with E-state index in [4.69, 9.17) is 21.1 Å². The molecule has 1 amide bonds. The molecule has 0 saturated carbocycles. The average molecular weight is 582 g/mol. The van der Waals surface area contributed by atoms with Gasteiger partial charge in [0, 0.05) is 5.02 Å². The fourth-order valence-electron chi connectivity index (χ4n) is 4.43. The van der Waals surface area contributed by atoms with Crippen LogP contribution >= 0.6 is 34.3 Å². The average Bonchev–Trinajstić information content (AvgIpc) is 3.55. The fraction of sp³-hybridized carbons (Fsp3) is 0.214. The highest BCUT2D eigenvalue weighted by Gasteiger charge is 2.46. The fourth-order valence-corrected chi connectivity index (χ4v) is 6.58. The van der Waals surface area contributed by atoms with E-state index < -0.39 is 23.5 Å². The van der Waals surface area contributed by atoms with Gasteiger partial charge in [0.05, 0.1) is 44.0 Å². The van der Waals surface area contributed by atoms with Gasteiger partial charge in [-0.05, 0) is 56.7 Å². The maximum absolute atomic E-state index is 13.9. The number of ether oxygens (including phenoxy) is 2. The van der Waals surface area contributed by atoms with Crippen molar-refractivity contribution in [3.8, 4) is 11.5 Å². The van der Waals surface area contributed by atoms with Crippen LogP contribution in [-0.2, 0) is 4.79 Å². The number of halogens is 1. The second-order valence-corrected chi connectivity index (χ2v) is 11.3. The number of thiazole rings is 2. The van der Waals surface area contributed by atoms with Crippen LogP contribution in [0.4, 0.5) is 5.13 Å². The van der Waals surface area contributed by atoms with Gasteiger partial charge in [0.1, 0.15) is 6.61 Å². The number of aromatic nitrogens is 2. The summed E-state index contributed by atoms with van der Waals surface area (Å²) in [7, 11) is 0. The van der Waals surface area contributed by atoms with E-state index in [1.165, 1.54) is 27.6 Å². The van der Waals surface area contributed by atoms with Gasteiger partial charge >= 0.3 is 0 Å². The molecule has 1 unspecified atom stereocenters. The number of aliphatic hydroxyl groups is 1. The molecule has 1 atom stereocenters. The highest BCUT2D eigenvalue weighted by Crippen LogP contribution is 2.46. The molecule has 0 aliphatic carbocycles. The molecule has 1 aliphatic rings. The first kappa shape index (κ1) is 26.9. The predicted molar refractivity (Wildman–Crippen MR) is 154 cm³/mol. The summed E-state index contributed by atoms with van der Waals surface area (Å²) in [6.07, 6.45) is 1.62. The summed E-state index contributed by atoms with van der Waals surface area (Å²) in [6.45, 7) is 9.70. The van der Waals surface area contributed by atoms with Crippen molar-refractivity contribution in [2.45, 2.75) is 26.8 Å². The molecular formula is C28H24ClN3O5S2. The summed E-state index contributed by atoms with van der Waals surface area (Å²) in [5.74, 6) is -0.898. The highest BCUT2D eigenvalue weighted by atomic mass is 35.5. The third kappa shape index (κ3) is 4.91. The smallest absolute Gasteiger partial charge is 0.296 e. The van der Waals surface area contributed by atoms with Crippen LogP contribution in [0.5, 0.6) is 11.5 Å². The van der Waals surface area contributed by atoms with Crippen LogP contribution in [-0.4, -0.2) is 40.0 Å². The molecule has 4 aromatic rings. The van der Waals surface area contributed by atoms with Gasteiger partial charge in [-0.2, -0.15) is 0 Å². The molecule has 0 radical (unpaired) electrons. The lowest BCUT2D eigenvalue weighted by Crippen LogP contribution is -2.31. The molecule has 2 aromatic carbocycles. The third-order valence-electron chi connectivity index (χ3n) is 6.05. The van der Waals surface area contributed by atoms with Crippen LogP contribution in [0, 0.1) is 13.8 Å². The van der Waals surface area contributed by atoms with Crippen molar-refractivity contribution in [2.75, 3.05) is 18.1 Å². The van der Waals surface area contributed by atoms with Gasteiger partial charge in [0.25, 0.3) is 5.91 Å². The van der Waals surface area contributed by atoms with Crippen LogP contribution in [0.1, 0.15) is 38.9 Å². The Morgan fingerprint density at radius 3 is 2.64 bits per heavy atom. The van der Waals surface area contributed by atoms with Crippen LogP contribution < -0.4 is 14.4 Å². The zero-order valence-electron chi connectivity index (χ0n) is 21.4. The zero-order chi connectivity index (χ0) is 27.8. The highest BCUT2D eigenvalue weighted by molar-refractivity contribution is 7.22. The van der Waals surface area contributed by atoms with Gasteiger partial charge in [0.15, 0.2) is 22.4 Å². The molecule has 0 spiro atoms. The number of Topliss-reactive ketones (excluding diaryl/α,β-unsaturated/α-hetero) is 1. The largest absolute Gasteiger partial charge is 0.503 e. The number of hydrogen-bond donors (Lipinski definition) is 1. The predicted octanol–water partition coefficient (Wildman–Crippen LogP) is 6.77. The van der Waals surface area contributed by atoms with E-state index in [2.05, 4.69) is 16.5 Å². The lowest BCUT2D eigenvalue weighted by atomic mass is 9.95. The van der Waals surface area contributed by atoms with Crippen molar-refractivity contribution < 1.29 is 24.2 Å². The van der Waals surface area contributed by atoms with E-state index in [1.54, 1.807) is 56.3 Å². The number of aryl methyl sites for hydroxylation is 2. The van der Waals surface area contributed by atoms with Crippen molar-refractivity contribution >= 4 is 61.3 Å². The lowest BCUT2D eigenvalue weighted by molar-refractivity contribution is -0.117. The second kappa shape index (κ2) is 10.8. The minimum Gasteiger partial charge on any atom is -0.503 e. The third-order valence-corrected chi connectivity index (χ3v) is 8.37. The molecule has 0 fully saturated rings. The Morgan fingerprint density at radius 1 is 1.15 bits per heavy atom. The Labute approximate surface area is 237 Å². The number of carbonyl (C=O) groups excluding carboxylic acids is 2. The monoisotopic (exact) mass is 581 g/mol. The van der Waals surface area contributed by atoms with Gasteiger partial charge in [0.2, 0.25) is 5.78 Å². The zero-order valence-corrected chi connectivity index (χ0v) is 23.7. The van der Waals surface area contributed by atoms with Crippen molar-refractivity contribution in [1.82, 2.24) is 9.97 Å². The molecule has 1 aliphatic heterocycles. The summed E-state index contributed by atoms with van der Waals surface area (Å²) >= 11 is 8.64. The molecular weight excluding hydrogens is 558 g/mol. The maximum Gasteiger partial charge on any atom is 0.296 e. The molecule has 0 saturated heterocycles. The number of hydrogen-bond acceptors (Lipinski definition) is 9. The van der Waals surface area contributed by atoms with Crippen LogP contribution in [0.3, 0.4) is 0 Å². The quantitative estimate of drug-likeness (QED) is 0.172. The standard InChI is InChI=1S/C28H24ClN3O5S2/c1-5-11-37-19-10-7-16(12-20(19)36-6-2)23-22(24(33)26-14(3)30-15(4)38-26)25(34)27(35)32(23)28-31-18-9-8-17(29)13-21(18)39-28/h5,7-10,12-13,23,34H,1,6,11H2,2-4H3. The molecule has 2 aromatic heterocycles. The molecule has 8 nitrogen and oxygen atoms in total. The van der Waals surface area contributed by atoms with Crippen molar-refractivity contribution in [3.63, 3.8) is 0 Å². The summed E-state index contributed by atoms with van der Waals surface area (Å²) in [5.41, 5.74) is 1.67. The summed E-state index contributed by atoms with van der Waals surface area (Å²) < 4.78 is 12.3. The Bertz CT molecular complexity index is 1660.